The summed E-state index contributed by atoms with van der Waals surface area (Å²) in [7, 11) is 0. The van der Waals surface area contributed by atoms with Crippen LogP contribution in [0.15, 0.2) is 12.2 Å². The lowest BCUT2D eigenvalue weighted by Gasteiger charge is -2.22. The smallest absolute Gasteiger partial charge is 0.0828 e. The van der Waals surface area contributed by atoms with Gasteiger partial charge >= 0.3 is 0 Å². The van der Waals surface area contributed by atoms with Gasteiger partial charge < -0.3 is 22.9 Å². The summed E-state index contributed by atoms with van der Waals surface area (Å²) in [5.74, 6) is 0. The van der Waals surface area contributed by atoms with Gasteiger partial charge in [-0.3, -0.25) is 0 Å². The predicted octanol–water partition coefficient (Wildman–Crippen LogP) is 0.0242. The fraction of sp³-hybridized carbons (Fsp3) is 0.800. The maximum atomic E-state index is 5.57. The summed E-state index contributed by atoms with van der Waals surface area (Å²) in [5.41, 5.74) is 21.0. The molecule has 0 fully saturated rings. The topological polar surface area (TPSA) is 104 Å². The quantitative estimate of drug-likeness (QED) is 0.293. The van der Waals surface area contributed by atoms with Crippen molar-refractivity contribution in [1.29, 1.82) is 0 Å². The highest BCUT2D eigenvalue weighted by molar-refractivity contribution is 5.04. The number of unbranched alkanes of at least 4 members (excludes halogenated alkanes) is 1. The summed E-state index contributed by atoms with van der Waals surface area (Å²) in [6.07, 6.45) is 9.25. The van der Waals surface area contributed by atoms with E-state index in [0.29, 0.717) is 0 Å². The molecule has 0 aromatic carbocycles. The van der Waals surface area contributed by atoms with Crippen LogP contribution in [0.5, 0.6) is 0 Å². The lowest BCUT2D eigenvalue weighted by Crippen LogP contribution is -2.48. The van der Waals surface area contributed by atoms with E-state index >= 15 is 0 Å². The van der Waals surface area contributed by atoms with Gasteiger partial charge in [0.15, 0.2) is 0 Å². The van der Waals surface area contributed by atoms with Gasteiger partial charge in [-0.25, -0.2) is 0 Å². The summed E-state index contributed by atoms with van der Waals surface area (Å²) in [4.78, 5) is 0. The molecule has 0 heterocycles. The Balaban J connectivity index is 0.000000255. The summed E-state index contributed by atoms with van der Waals surface area (Å²) in [6, 6.07) is 0. The molecule has 8 N–H and O–H groups in total. The van der Waals surface area contributed by atoms with Crippen LogP contribution in [0.2, 0.25) is 0 Å². The van der Waals surface area contributed by atoms with Crippen molar-refractivity contribution in [3.05, 3.63) is 12.2 Å². The molecule has 0 aromatic heterocycles. The van der Waals surface area contributed by atoms with Crippen molar-refractivity contribution < 1.29 is 0 Å². The highest BCUT2D eigenvalue weighted by Gasteiger charge is 2.15. The first-order chi connectivity index (χ1) is 6.62. The van der Waals surface area contributed by atoms with Crippen LogP contribution in [0, 0.1) is 0 Å². The van der Waals surface area contributed by atoms with Crippen molar-refractivity contribution in [3.8, 4) is 0 Å². The van der Waals surface area contributed by atoms with Gasteiger partial charge in [-0.2, -0.15) is 0 Å². The van der Waals surface area contributed by atoms with E-state index in [2.05, 4.69) is 0 Å². The van der Waals surface area contributed by atoms with Crippen LogP contribution < -0.4 is 22.9 Å². The van der Waals surface area contributed by atoms with Crippen LogP contribution in [0.1, 0.15) is 32.1 Å². The maximum Gasteiger partial charge on any atom is 0.0828 e. The van der Waals surface area contributed by atoms with E-state index in [1.807, 2.05) is 12.2 Å². The van der Waals surface area contributed by atoms with Crippen molar-refractivity contribution in [2.24, 2.45) is 22.9 Å². The number of rotatable bonds is 3. The van der Waals surface area contributed by atoms with Crippen LogP contribution in [0.4, 0.5) is 0 Å². The molecule has 0 atom stereocenters. The van der Waals surface area contributed by atoms with Crippen molar-refractivity contribution in [2.75, 3.05) is 13.1 Å². The van der Waals surface area contributed by atoms with E-state index in [4.69, 9.17) is 22.9 Å². The molecule has 84 valence electrons. The first-order valence-corrected chi connectivity index (χ1v) is 5.28. The summed E-state index contributed by atoms with van der Waals surface area (Å²) < 4.78 is 0. The minimum absolute atomic E-state index is 0.502. The zero-order chi connectivity index (χ0) is 10.9. The number of nitrogens with two attached hydrogens (primary N) is 4. The van der Waals surface area contributed by atoms with Crippen LogP contribution in [0.3, 0.4) is 0 Å². The second-order valence-corrected chi connectivity index (χ2v) is 3.69. The molecule has 0 aliphatic heterocycles. The minimum Gasteiger partial charge on any atom is -0.330 e. The third-order valence-electron chi connectivity index (χ3n) is 2.07. The van der Waals surface area contributed by atoms with Gasteiger partial charge in [-0.1, -0.05) is 12.2 Å². The molecule has 0 radical (unpaired) electrons. The van der Waals surface area contributed by atoms with Crippen molar-refractivity contribution in [1.82, 2.24) is 0 Å². The SMILES string of the molecule is NC1(N)C=CCCC1.NCCCCN. The van der Waals surface area contributed by atoms with Crippen LogP contribution in [0.25, 0.3) is 0 Å². The van der Waals surface area contributed by atoms with Gasteiger partial charge in [0.1, 0.15) is 0 Å². The largest absolute Gasteiger partial charge is 0.330 e. The fourth-order valence-electron chi connectivity index (χ4n) is 1.20. The van der Waals surface area contributed by atoms with E-state index < -0.39 is 5.66 Å². The van der Waals surface area contributed by atoms with Gasteiger partial charge in [-0.05, 0) is 45.2 Å². The number of hydrogen-bond donors (Lipinski definition) is 4. The molecule has 0 unspecified atom stereocenters. The zero-order valence-corrected chi connectivity index (χ0v) is 8.91. The third kappa shape index (κ3) is 8.19. The maximum absolute atomic E-state index is 5.57. The Morgan fingerprint density at radius 1 is 1.07 bits per heavy atom. The van der Waals surface area contributed by atoms with Crippen molar-refractivity contribution in [3.63, 3.8) is 0 Å². The van der Waals surface area contributed by atoms with Gasteiger partial charge in [0.05, 0.1) is 5.66 Å². The molecule has 4 heteroatoms. The molecule has 14 heavy (non-hydrogen) atoms. The van der Waals surface area contributed by atoms with Crippen molar-refractivity contribution >= 4 is 0 Å². The van der Waals surface area contributed by atoms with E-state index in [1.165, 1.54) is 0 Å². The normalized spacial score (nSPS) is 18.6. The highest BCUT2D eigenvalue weighted by Crippen LogP contribution is 2.13. The van der Waals surface area contributed by atoms with Gasteiger partial charge in [0.25, 0.3) is 0 Å². The van der Waals surface area contributed by atoms with E-state index in [9.17, 15) is 0 Å². The Kier molecular flexibility index (Phi) is 7.70. The van der Waals surface area contributed by atoms with Crippen LogP contribution in [-0.4, -0.2) is 18.8 Å². The molecule has 1 aliphatic carbocycles. The Bertz CT molecular complexity index is 150. The molecule has 0 spiro atoms. The molecule has 0 aromatic rings. The van der Waals surface area contributed by atoms with E-state index in [-0.39, 0.29) is 0 Å². The monoisotopic (exact) mass is 200 g/mol. The molecular weight excluding hydrogens is 176 g/mol. The van der Waals surface area contributed by atoms with Gasteiger partial charge in [-0.15, -0.1) is 0 Å². The summed E-state index contributed by atoms with van der Waals surface area (Å²) in [5, 5.41) is 0. The lowest BCUT2D eigenvalue weighted by atomic mass is 9.98. The molecular formula is C10H24N4. The second kappa shape index (κ2) is 7.94. The molecule has 0 saturated carbocycles. The predicted molar refractivity (Wildman–Crippen MR) is 61.4 cm³/mol. The average Bonchev–Trinajstić information content (AvgIpc) is 2.15. The first kappa shape index (κ1) is 13.6. The molecule has 4 nitrogen and oxygen atoms in total. The Hall–Kier alpha value is -0.420. The Labute approximate surface area is 86.7 Å². The molecule has 1 rings (SSSR count). The van der Waals surface area contributed by atoms with E-state index in [1.54, 1.807) is 0 Å². The van der Waals surface area contributed by atoms with Crippen LogP contribution >= 0.6 is 0 Å². The fourth-order valence-corrected chi connectivity index (χ4v) is 1.20. The minimum atomic E-state index is -0.502. The molecule has 0 saturated heterocycles. The Morgan fingerprint density at radius 2 is 1.64 bits per heavy atom. The summed E-state index contributed by atoms with van der Waals surface area (Å²) in [6.45, 7) is 1.55. The number of hydrogen-bond acceptors (Lipinski definition) is 4. The molecule has 1 aliphatic rings. The van der Waals surface area contributed by atoms with E-state index in [0.717, 1.165) is 45.2 Å². The standard InChI is InChI=1S/C6H12N2.C4H12N2/c7-6(8)4-2-1-3-5-6;5-3-1-2-4-6/h2,4H,1,3,5,7-8H2;1-6H2. The van der Waals surface area contributed by atoms with Gasteiger partial charge in [0.2, 0.25) is 0 Å². The zero-order valence-electron chi connectivity index (χ0n) is 8.91. The average molecular weight is 200 g/mol. The van der Waals surface area contributed by atoms with Crippen LogP contribution in [-0.2, 0) is 0 Å². The van der Waals surface area contributed by atoms with Gasteiger partial charge in [0, 0.05) is 0 Å². The highest BCUT2D eigenvalue weighted by atomic mass is 14.9. The lowest BCUT2D eigenvalue weighted by molar-refractivity contribution is 0.469. The number of allylic oxidation sites excluding steroid dienone is 1. The third-order valence-corrected chi connectivity index (χ3v) is 2.07. The van der Waals surface area contributed by atoms with Crippen molar-refractivity contribution in [2.45, 2.75) is 37.8 Å². The second-order valence-electron chi connectivity index (χ2n) is 3.69. The molecule has 0 amide bonds. The summed E-state index contributed by atoms with van der Waals surface area (Å²) >= 11 is 0. The molecule has 0 bridgehead atoms. The first-order valence-electron chi connectivity index (χ1n) is 5.28. The Morgan fingerprint density at radius 3 is 1.86 bits per heavy atom.